The summed E-state index contributed by atoms with van der Waals surface area (Å²) in [5.41, 5.74) is 0. The summed E-state index contributed by atoms with van der Waals surface area (Å²) in [7, 11) is 0. The molecule has 2 rings (SSSR count). The number of hydrogen-bond acceptors (Lipinski definition) is 6. The first kappa shape index (κ1) is 15.2. The van der Waals surface area contributed by atoms with Crippen LogP contribution in [0.15, 0.2) is 0 Å². The molecule has 0 radical (unpaired) electrons. The summed E-state index contributed by atoms with van der Waals surface area (Å²) in [4.78, 5) is 21.0. The van der Waals surface area contributed by atoms with Crippen molar-refractivity contribution in [2.75, 3.05) is 26.8 Å². The lowest BCUT2D eigenvalue weighted by atomic mass is 9.94. The van der Waals surface area contributed by atoms with Crippen molar-refractivity contribution in [3.63, 3.8) is 0 Å². The van der Waals surface area contributed by atoms with Crippen molar-refractivity contribution in [2.24, 2.45) is 0 Å². The monoisotopic (exact) mass is 276 g/mol. The van der Waals surface area contributed by atoms with Gasteiger partial charge >= 0.3 is 0 Å². The van der Waals surface area contributed by atoms with Gasteiger partial charge in [0.15, 0.2) is 13.6 Å². The minimum absolute atomic E-state index is 0.127. The maximum atomic E-state index is 5.39. The molecule has 6 nitrogen and oxygen atoms in total. The van der Waals surface area contributed by atoms with Crippen molar-refractivity contribution >= 4 is 0 Å². The largest absolute Gasteiger partial charge is 0.352 e. The zero-order valence-electron chi connectivity index (χ0n) is 11.4. The molecule has 1 aliphatic heterocycles. The summed E-state index contributed by atoms with van der Waals surface area (Å²) in [5.74, 6) is -0.810. The molecule has 112 valence electrons. The van der Waals surface area contributed by atoms with Gasteiger partial charge in [-0.15, -0.1) is 0 Å². The van der Waals surface area contributed by atoms with Crippen LogP contribution in [-0.4, -0.2) is 32.6 Å². The lowest BCUT2D eigenvalue weighted by Gasteiger charge is -2.33. The molecule has 1 saturated heterocycles. The van der Waals surface area contributed by atoms with E-state index in [-0.39, 0.29) is 13.6 Å². The molecule has 19 heavy (non-hydrogen) atoms. The Bertz CT molecular complexity index is 213. The van der Waals surface area contributed by atoms with Crippen molar-refractivity contribution in [3.05, 3.63) is 0 Å². The molecule has 2 fully saturated rings. The first-order valence-electron chi connectivity index (χ1n) is 7.18. The predicted octanol–water partition coefficient (Wildman–Crippen LogP) is 2.68. The van der Waals surface area contributed by atoms with Gasteiger partial charge in [-0.25, -0.2) is 9.78 Å². The van der Waals surface area contributed by atoms with E-state index in [2.05, 4.69) is 0 Å². The van der Waals surface area contributed by atoms with Gasteiger partial charge < -0.3 is 9.47 Å². The zero-order valence-corrected chi connectivity index (χ0v) is 11.4. The summed E-state index contributed by atoms with van der Waals surface area (Å²) in [6.45, 7) is 1.60. The van der Waals surface area contributed by atoms with E-state index in [0.717, 1.165) is 44.9 Å². The van der Waals surface area contributed by atoms with E-state index < -0.39 is 5.79 Å². The molecular formula is C13H24O6. The lowest BCUT2D eigenvalue weighted by molar-refractivity contribution is -0.533. The Kier molecular flexibility index (Phi) is 7.05. The van der Waals surface area contributed by atoms with Crippen LogP contribution in [0.4, 0.5) is 0 Å². The van der Waals surface area contributed by atoms with Crippen LogP contribution in [0, 0.1) is 0 Å². The maximum absolute atomic E-state index is 5.39. The third-order valence-electron chi connectivity index (χ3n) is 3.38. The molecule has 0 unspecified atom stereocenters. The molecule has 0 aromatic rings. The highest BCUT2D eigenvalue weighted by molar-refractivity contribution is 4.72. The van der Waals surface area contributed by atoms with E-state index in [4.69, 9.17) is 29.0 Å². The van der Waals surface area contributed by atoms with Gasteiger partial charge in [-0.05, 0) is 32.1 Å². The second-order valence-electron chi connectivity index (χ2n) is 4.99. The number of rotatable bonds is 0. The SMILES string of the molecule is C1CCOCOOC2(CCCCC2)OOCOCC1. The summed E-state index contributed by atoms with van der Waals surface area (Å²) in [6, 6.07) is 0. The van der Waals surface area contributed by atoms with Crippen molar-refractivity contribution < 1.29 is 29.0 Å². The minimum atomic E-state index is -0.810. The normalized spacial score (nSPS) is 27.8. The molecule has 1 saturated carbocycles. The molecular weight excluding hydrogens is 252 g/mol. The fourth-order valence-electron chi connectivity index (χ4n) is 2.30. The highest BCUT2D eigenvalue weighted by Crippen LogP contribution is 2.33. The van der Waals surface area contributed by atoms with E-state index in [0.29, 0.717) is 13.2 Å². The Morgan fingerprint density at radius 2 is 1.11 bits per heavy atom. The van der Waals surface area contributed by atoms with Crippen LogP contribution in [0.2, 0.25) is 0 Å². The maximum Gasteiger partial charge on any atom is 0.234 e. The molecule has 0 N–H and O–H groups in total. The van der Waals surface area contributed by atoms with Crippen molar-refractivity contribution in [1.29, 1.82) is 0 Å². The molecule has 0 atom stereocenters. The quantitative estimate of drug-likeness (QED) is 0.634. The van der Waals surface area contributed by atoms with Crippen LogP contribution in [0.5, 0.6) is 0 Å². The predicted molar refractivity (Wildman–Crippen MR) is 65.6 cm³/mol. The van der Waals surface area contributed by atoms with Gasteiger partial charge in [-0.3, -0.25) is 0 Å². The smallest absolute Gasteiger partial charge is 0.234 e. The average Bonchev–Trinajstić information content (AvgIpc) is 2.45. The van der Waals surface area contributed by atoms with Gasteiger partial charge in [0, 0.05) is 26.1 Å². The van der Waals surface area contributed by atoms with Gasteiger partial charge in [0.25, 0.3) is 0 Å². The zero-order chi connectivity index (χ0) is 13.2. The summed E-state index contributed by atoms with van der Waals surface area (Å²) in [6.07, 6.45) is 7.82. The summed E-state index contributed by atoms with van der Waals surface area (Å²) in [5, 5.41) is 0. The Morgan fingerprint density at radius 3 is 1.68 bits per heavy atom. The van der Waals surface area contributed by atoms with Crippen LogP contribution in [0.25, 0.3) is 0 Å². The molecule has 1 heterocycles. The molecule has 1 spiro atoms. The van der Waals surface area contributed by atoms with Gasteiger partial charge in [0.1, 0.15) is 0 Å². The number of ether oxygens (including phenoxy) is 2. The molecule has 0 amide bonds. The molecule has 0 bridgehead atoms. The van der Waals surface area contributed by atoms with Crippen LogP contribution in [-0.2, 0) is 29.0 Å². The Morgan fingerprint density at radius 1 is 0.579 bits per heavy atom. The van der Waals surface area contributed by atoms with Gasteiger partial charge in [-0.2, -0.15) is 9.78 Å². The minimum Gasteiger partial charge on any atom is -0.352 e. The topological polar surface area (TPSA) is 55.4 Å². The fourth-order valence-corrected chi connectivity index (χ4v) is 2.30. The fraction of sp³-hybridized carbons (Fsp3) is 1.00. The molecule has 1 aliphatic carbocycles. The first-order valence-corrected chi connectivity index (χ1v) is 7.18. The molecule has 0 aromatic carbocycles. The second-order valence-corrected chi connectivity index (χ2v) is 4.99. The lowest BCUT2D eigenvalue weighted by Crippen LogP contribution is -2.38. The third kappa shape index (κ3) is 5.72. The van der Waals surface area contributed by atoms with Gasteiger partial charge in [0.2, 0.25) is 5.79 Å². The highest BCUT2D eigenvalue weighted by Gasteiger charge is 2.37. The average molecular weight is 276 g/mol. The third-order valence-corrected chi connectivity index (χ3v) is 3.38. The van der Waals surface area contributed by atoms with E-state index in [1.807, 2.05) is 0 Å². The van der Waals surface area contributed by atoms with Crippen molar-refractivity contribution in [2.45, 2.75) is 57.2 Å². The summed E-state index contributed by atoms with van der Waals surface area (Å²) >= 11 is 0. The second kappa shape index (κ2) is 8.84. The Balaban J connectivity index is 1.79. The van der Waals surface area contributed by atoms with E-state index in [1.54, 1.807) is 0 Å². The Hall–Kier alpha value is -0.240. The van der Waals surface area contributed by atoms with Crippen LogP contribution in [0.1, 0.15) is 51.4 Å². The van der Waals surface area contributed by atoms with E-state index >= 15 is 0 Å². The first-order chi connectivity index (χ1) is 9.41. The van der Waals surface area contributed by atoms with Crippen molar-refractivity contribution in [1.82, 2.24) is 0 Å². The molecule has 2 aliphatic rings. The van der Waals surface area contributed by atoms with Crippen LogP contribution in [0.3, 0.4) is 0 Å². The standard InChI is InChI=1S/C13H24O6/c1-3-7-13(8-4-1)18-16-11-14-9-5-2-6-10-15-12-17-19-13/h1-12H2. The van der Waals surface area contributed by atoms with Gasteiger partial charge in [0.05, 0.1) is 0 Å². The Labute approximate surface area is 114 Å². The summed E-state index contributed by atoms with van der Waals surface area (Å²) < 4.78 is 10.7. The molecule has 6 heteroatoms. The van der Waals surface area contributed by atoms with Crippen LogP contribution < -0.4 is 0 Å². The van der Waals surface area contributed by atoms with Crippen LogP contribution >= 0.6 is 0 Å². The van der Waals surface area contributed by atoms with E-state index in [9.17, 15) is 0 Å². The van der Waals surface area contributed by atoms with E-state index in [1.165, 1.54) is 6.42 Å². The highest BCUT2D eigenvalue weighted by atomic mass is 17.3. The van der Waals surface area contributed by atoms with Crippen molar-refractivity contribution in [3.8, 4) is 0 Å². The van der Waals surface area contributed by atoms with Gasteiger partial charge in [-0.1, -0.05) is 6.42 Å². The molecule has 0 aromatic heterocycles. The number of hydrogen-bond donors (Lipinski definition) is 0.